The lowest BCUT2D eigenvalue weighted by molar-refractivity contribution is -0.387. The molecule has 0 atom stereocenters. The summed E-state index contributed by atoms with van der Waals surface area (Å²) in [5.74, 6) is -0.765. The number of carboxylic acids is 1. The van der Waals surface area contributed by atoms with Crippen LogP contribution in [0, 0.1) is 10.1 Å². The van der Waals surface area contributed by atoms with Crippen LogP contribution in [0.5, 0.6) is 0 Å². The lowest BCUT2D eigenvalue weighted by Gasteiger charge is -2.10. The van der Waals surface area contributed by atoms with E-state index in [9.17, 15) is 20.0 Å². The van der Waals surface area contributed by atoms with E-state index in [0.29, 0.717) is 45.0 Å². The molecule has 35 heavy (non-hydrogen) atoms. The normalized spacial score (nSPS) is 11.3. The first-order valence-electron chi connectivity index (χ1n) is 10.0. The van der Waals surface area contributed by atoms with Gasteiger partial charge < -0.3 is 14.6 Å². The monoisotopic (exact) mass is 535 g/mol. The molecule has 0 spiro atoms. The van der Waals surface area contributed by atoms with Gasteiger partial charge in [0.05, 0.1) is 50.8 Å². The van der Waals surface area contributed by atoms with Crippen LogP contribution in [0.15, 0.2) is 58.6 Å². The average molecular weight is 536 g/mol. The second-order valence-corrected chi connectivity index (χ2v) is 9.63. The molecule has 4 aromatic rings. The van der Waals surface area contributed by atoms with Gasteiger partial charge in [-0.2, -0.15) is 5.10 Å². The van der Waals surface area contributed by atoms with Crippen LogP contribution >= 0.6 is 33.2 Å². The van der Waals surface area contributed by atoms with E-state index in [-0.39, 0.29) is 18.0 Å². The van der Waals surface area contributed by atoms with E-state index in [1.165, 1.54) is 44.7 Å². The van der Waals surface area contributed by atoms with E-state index in [4.69, 9.17) is 21.1 Å². The summed E-state index contributed by atoms with van der Waals surface area (Å²) in [7, 11) is 4.06. The van der Waals surface area contributed by atoms with E-state index in [2.05, 4.69) is 10.1 Å². The lowest BCUT2D eigenvalue weighted by atomic mass is 10.3. The van der Waals surface area contributed by atoms with Crippen molar-refractivity contribution in [2.75, 3.05) is 20.3 Å². The standard InChI is InChI=1S/C21H18ClN5O6S2/c1-32-6-7-33-12-25-17-8-14(22)19(35-34-18-5-3-2-4-16(18)27(30)31)9-15(17)24-21(25)26-11-13(10-23-26)20(28)29/h2-5,8-11H,6-7,12H2,1H3,(H,28,29). The summed E-state index contributed by atoms with van der Waals surface area (Å²) in [5, 5.41) is 25.1. The van der Waals surface area contributed by atoms with Gasteiger partial charge >= 0.3 is 5.97 Å². The van der Waals surface area contributed by atoms with Crippen LogP contribution in [0.1, 0.15) is 10.4 Å². The molecular weight excluding hydrogens is 518 g/mol. The van der Waals surface area contributed by atoms with Gasteiger partial charge in [-0.25, -0.2) is 14.5 Å². The summed E-state index contributed by atoms with van der Waals surface area (Å²) >= 11 is 6.56. The van der Waals surface area contributed by atoms with Crippen molar-refractivity contribution in [3.63, 3.8) is 0 Å². The van der Waals surface area contributed by atoms with Crippen molar-refractivity contribution in [2.24, 2.45) is 0 Å². The average Bonchev–Trinajstić information content (AvgIpc) is 3.46. The molecule has 11 nitrogen and oxygen atoms in total. The van der Waals surface area contributed by atoms with Crippen LogP contribution < -0.4 is 0 Å². The topological polar surface area (TPSA) is 135 Å². The molecule has 0 aliphatic carbocycles. The number of ether oxygens (including phenoxy) is 2. The van der Waals surface area contributed by atoms with Gasteiger partial charge in [0.2, 0.25) is 5.95 Å². The maximum atomic E-state index is 11.3. The highest BCUT2D eigenvalue weighted by Crippen LogP contribution is 2.45. The van der Waals surface area contributed by atoms with Crippen LogP contribution in [0.2, 0.25) is 5.02 Å². The zero-order valence-corrected chi connectivity index (χ0v) is 20.5. The van der Waals surface area contributed by atoms with Gasteiger partial charge in [0, 0.05) is 24.3 Å². The molecule has 0 radical (unpaired) electrons. The van der Waals surface area contributed by atoms with Gasteiger partial charge in [-0.3, -0.25) is 14.7 Å². The van der Waals surface area contributed by atoms with Gasteiger partial charge in [-0.15, -0.1) is 0 Å². The molecule has 2 heterocycles. The molecule has 14 heteroatoms. The molecular formula is C21H18ClN5O6S2. The van der Waals surface area contributed by atoms with Crippen molar-refractivity contribution in [1.82, 2.24) is 19.3 Å². The van der Waals surface area contributed by atoms with Gasteiger partial charge in [-0.05, 0) is 29.0 Å². The molecule has 0 unspecified atom stereocenters. The van der Waals surface area contributed by atoms with Crippen LogP contribution in [-0.4, -0.2) is 55.7 Å². The Hall–Kier alpha value is -3.10. The minimum atomic E-state index is -1.11. The van der Waals surface area contributed by atoms with Crippen LogP contribution in [-0.2, 0) is 16.2 Å². The predicted molar refractivity (Wildman–Crippen MR) is 131 cm³/mol. The minimum Gasteiger partial charge on any atom is -0.478 e. The van der Waals surface area contributed by atoms with E-state index in [1.807, 2.05) is 0 Å². The summed E-state index contributed by atoms with van der Waals surface area (Å²) in [5.41, 5.74) is 1.24. The van der Waals surface area contributed by atoms with E-state index in [0.717, 1.165) is 0 Å². The smallest absolute Gasteiger partial charge is 0.338 e. The Balaban J connectivity index is 1.69. The maximum Gasteiger partial charge on any atom is 0.338 e. The summed E-state index contributed by atoms with van der Waals surface area (Å²) < 4.78 is 13.8. The molecule has 1 N–H and O–H groups in total. The Kier molecular flexibility index (Phi) is 7.93. The van der Waals surface area contributed by atoms with Gasteiger partial charge in [0.15, 0.2) is 0 Å². The number of carbonyl (C=O) groups is 1. The molecule has 2 aromatic carbocycles. The summed E-state index contributed by atoms with van der Waals surface area (Å²) in [6.45, 7) is 0.839. The number of methoxy groups -OCH3 is 1. The second-order valence-electron chi connectivity index (χ2n) is 7.01. The number of hydrogen-bond acceptors (Lipinski definition) is 9. The molecule has 4 rings (SSSR count). The number of para-hydroxylation sites is 1. The number of carboxylic acid groups (broad SMARTS) is 1. The van der Waals surface area contributed by atoms with E-state index in [1.54, 1.807) is 42.0 Å². The SMILES string of the molecule is COCCOCn1c(-n2cc(C(=O)O)cn2)nc2cc(SSc3ccccc3[N+](=O)[O-])c(Cl)cc21. The van der Waals surface area contributed by atoms with Gasteiger partial charge in [0.25, 0.3) is 5.69 Å². The largest absolute Gasteiger partial charge is 0.478 e. The van der Waals surface area contributed by atoms with Crippen molar-refractivity contribution < 1.29 is 24.3 Å². The van der Waals surface area contributed by atoms with Crippen LogP contribution in [0.25, 0.3) is 17.0 Å². The molecule has 0 aliphatic heterocycles. The highest BCUT2D eigenvalue weighted by molar-refractivity contribution is 8.76. The molecule has 0 saturated carbocycles. The first-order valence-corrected chi connectivity index (χ1v) is 12.5. The number of imidazole rings is 1. The number of fused-ring (bicyclic) bond motifs is 1. The number of aromatic carboxylic acids is 1. The number of aromatic nitrogens is 4. The third-order valence-corrected chi connectivity index (χ3v) is 7.63. The van der Waals surface area contributed by atoms with Crippen LogP contribution in [0.4, 0.5) is 5.69 Å². The molecule has 0 saturated heterocycles. The minimum absolute atomic E-state index is 0.00916. The van der Waals surface area contributed by atoms with Crippen molar-refractivity contribution >= 4 is 55.9 Å². The first kappa shape index (κ1) is 25.0. The molecule has 2 aromatic heterocycles. The predicted octanol–water partition coefficient (Wildman–Crippen LogP) is 4.90. The lowest BCUT2D eigenvalue weighted by Crippen LogP contribution is -2.12. The molecule has 182 valence electrons. The van der Waals surface area contributed by atoms with Gasteiger partial charge in [0.1, 0.15) is 6.73 Å². The quantitative estimate of drug-likeness (QED) is 0.122. The molecule has 0 amide bonds. The third-order valence-electron chi connectivity index (χ3n) is 4.75. The van der Waals surface area contributed by atoms with Crippen molar-refractivity contribution in [3.05, 3.63) is 69.5 Å². The Morgan fingerprint density at radius 1 is 1.23 bits per heavy atom. The Morgan fingerprint density at radius 2 is 2.00 bits per heavy atom. The van der Waals surface area contributed by atoms with Crippen molar-refractivity contribution in [1.29, 1.82) is 0 Å². The number of rotatable bonds is 11. The van der Waals surface area contributed by atoms with E-state index >= 15 is 0 Å². The number of nitro groups is 1. The maximum absolute atomic E-state index is 11.3. The zero-order valence-electron chi connectivity index (χ0n) is 18.2. The fourth-order valence-corrected chi connectivity index (χ4v) is 5.71. The van der Waals surface area contributed by atoms with Crippen molar-refractivity contribution in [3.8, 4) is 5.95 Å². The number of halogens is 1. The van der Waals surface area contributed by atoms with E-state index < -0.39 is 10.9 Å². The molecule has 0 bridgehead atoms. The first-order chi connectivity index (χ1) is 16.9. The Morgan fingerprint density at radius 3 is 2.71 bits per heavy atom. The summed E-state index contributed by atoms with van der Waals surface area (Å²) in [6.07, 6.45) is 2.59. The fourth-order valence-electron chi connectivity index (χ4n) is 3.09. The zero-order chi connectivity index (χ0) is 24.9. The number of nitro benzene ring substituents is 1. The fraction of sp³-hybridized carbons (Fsp3) is 0.190. The molecule has 0 aliphatic rings. The number of nitrogens with zero attached hydrogens (tertiary/aromatic N) is 5. The summed E-state index contributed by atoms with van der Waals surface area (Å²) in [4.78, 5) is 28.0. The summed E-state index contributed by atoms with van der Waals surface area (Å²) in [6, 6.07) is 9.94. The Bertz CT molecular complexity index is 1390. The van der Waals surface area contributed by atoms with Gasteiger partial charge in [-0.1, -0.05) is 34.5 Å². The third kappa shape index (κ3) is 5.60. The van der Waals surface area contributed by atoms with Crippen LogP contribution in [0.3, 0.4) is 0 Å². The second kappa shape index (κ2) is 11.1. The number of benzene rings is 2. The highest BCUT2D eigenvalue weighted by Gasteiger charge is 2.19. The van der Waals surface area contributed by atoms with Crippen molar-refractivity contribution in [2.45, 2.75) is 16.5 Å². The Labute approximate surface area is 211 Å². The highest BCUT2D eigenvalue weighted by atomic mass is 35.5. The number of hydrogen-bond donors (Lipinski definition) is 1. The molecule has 0 fully saturated rings.